The number of halogens is 3. The van der Waals surface area contributed by atoms with Gasteiger partial charge >= 0.3 is 6.18 Å². The van der Waals surface area contributed by atoms with Crippen LogP contribution in [0.4, 0.5) is 24.5 Å². The van der Waals surface area contributed by atoms with E-state index in [-0.39, 0.29) is 5.75 Å². The van der Waals surface area contributed by atoms with E-state index < -0.39 is 24.3 Å². The second-order valence-electron chi connectivity index (χ2n) is 6.64. The van der Waals surface area contributed by atoms with E-state index in [4.69, 9.17) is 4.74 Å². The highest BCUT2D eigenvalue weighted by molar-refractivity contribution is 5.95. The highest BCUT2D eigenvalue weighted by atomic mass is 19.4. The number of alkyl halides is 3. The maximum Gasteiger partial charge on any atom is 0.419 e. The molecule has 1 heterocycles. The smallest absolute Gasteiger partial charge is 0.419 e. The highest BCUT2D eigenvalue weighted by Gasteiger charge is 2.34. The molecule has 28 heavy (non-hydrogen) atoms. The fourth-order valence-corrected chi connectivity index (χ4v) is 3.06. The zero-order valence-electron chi connectivity index (χ0n) is 15.5. The van der Waals surface area contributed by atoms with Crippen LogP contribution < -0.4 is 15.0 Å². The molecule has 0 aromatic heterocycles. The van der Waals surface area contributed by atoms with Crippen molar-refractivity contribution in [2.24, 2.45) is 0 Å². The van der Waals surface area contributed by atoms with Crippen LogP contribution >= 0.6 is 0 Å². The zero-order valence-corrected chi connectivity index (χ0v) is 15.5. The summed E-state index contributed by atoms with van der Waals surface area (Å²) in [5, 5.41) is 2.75. The molecule has 3 rings (SSSR count). The predicted octanol–water partition coefficient (Wildman–Crippen LogP) is 3.47. The molecular formula is C20H22F3N3O2. The monoisotopic (exact) mass is 393 g/mol. The average Bonchev–Trinajstić information content (AvgIpc) is 2.67. The molecule has 5 nitrogen and oxygen atoms in total. The Hall–Kier alpha value is -2.74. The van der Waals surface area contributed by atoms with Crippen molar-refractivity contribution >= 4 is 17.3 Å². The molecule has 2 aromatic carbocycles. The van der Waals surface area contributed by atoms with E-state index in [1.165, 1.54) is 18.2 Å². The number of nitrogens with one attached hydrogen (secondary N) is 1. The van der Waals surface area contributed by atoms with Crippen molar-refractivity contribution in [2.75, 3.05) is 50.1 Å². The SMILES string of the molecule is CN1CCN(c2ccccc2NC(=O)COc2ccccc2C(F)(F)F)CC1. The molecule has 150 valence electrons. The van der Waals surface area contributed by atoms with Gasteiger partial charge in [-0.1, -0.05) is 24.3 Å². The summed E-state index contributed by atoms with van der Waals surface area (Å²) in [7, 11) is 2.06. The third-order valence-corrected chi connectivity index (χ3v) is 4.57. The Morgan fingerprint density at radius 2 is 1.68 bits per heavy atom. The van der Waals surface area contributed by atoms with Gasteiger partial charge in [0.1, 0.15) is 5.75 Å². The number of piperazine rings is 1. The Kier molecular flexibility index (Phi) is 6.08. The number of benzene rings is 2. The first kappa shape index (κ1) is 20.0. The van der Waals surface area contributed by atoms with Crippen molar-refractivity contribution in [3.8, 4) is 5.75 Å². The van der Waals surface area contributed by atoms with Crippen LogP contribution in [0.1, 0.15) is 5.56 Å². The van der Waals surface area contributed by atoms with Crippen LogP contribution in [-0.4, -0.2) is 50.6 Å². The number of rotatable bonds is 5. The van der Waals surface area contributed by atoms with Gasteiger partial charge in [0.15, 0.2) is 6.61 Å². The fraction of sp³-hybridized carbons (Fsp3) is 0.350. The summed E-state index contributed by atoms with van der Waals surface area (Å²) in [6, 6.07) is 12.2. The molecule has 1 saturated heterocycles. The van der Waals surface area contributed by atoms with Gasteiger partial charge in [-0.15, -0.1) is 0 Å². The molecule has 8 heteroatoms. The van der Waals surface area contributed by atoms with E-state index in [1.807, 2.05) is 12.1 Å². The number of nitrogens with zero attached hydrogens (tertiary/aromatic N) is 2. The van der Waals surface area contributed by atoms with E-state index in [0.717, 1.165) is 37.9 Å². The average molecular weight is 393 g/mol. The van der Waals surface area contributed by atoms with Crippen LogP contribution in [0, 0.1) is 0 Å². The van der Waals surface area contributed by atoms with E-state index >= 15 is 0 Å². The molecule has 1 N–H and O–H groups in total. The number of hydrogen-bond donors (Lipinski definition) is 1. The van der Waals surface area contributed by atoms with E-state index in [2.05, 4.69) is 22.2 Å². The lowest BCUT2D eigenvalue weighted by molar-refractivity contribution is -0.139. The molecule has 1 aliphatic rings. The third kappa shape index (κ3) is 4.95. The lowest BCUT2D eigenvalue weighted by Gasteiger charge is -2.35. The largest absolute Gasteiger partial charge is 0.483 e. The standard InChI is InChI=1S/C20H22F3N3O2/c1-25-10-12-26(13-11-25)17-8-4-3-7-16(17)24-19(27)14-28-18-9-5-2-6-15(18)20(21,22)23/h2-9H,10-14H2,1H3,(H,24,27). The minimum atomic E-state index is -4.54. The molecule has 2 aromatic rings. The number of carbonyl (C=O) groups is 1. The molecule has 1 aliphatic heterocycles. The van der Waals surface area contributed by atoms with Crippen LogP contribution in [-0.2, 0) is 11.0 Å². The molecule has 0 unspecified atom stereocenters. The number of carbonyl (C=O) groups excluding carboxylic acids is 1. The van der Waals surface area contributed by atoms with Crippen LogP contribution in [0.15, 0.2) is 48.5 Å². The van der Waals surface area contributed by atoms with Crippen LogP contribution in [0.3, 0.4) is 0 Å². The summed E-state index contributed by atoms with van der Waals surface area (Å²) >= 11 is 0. The lowest BCUT2D eigenvalue weighted by atomic mass is 10.2. The van der Waals surface area contributed by atoms with Crippen molar-refractivity contribution < 1.29 is 22.7 Å². The molecule has 1 amide bonds. The Labute approximate surface area is 161 Å². The van der Waals surface area contributed by atoms with Crippen LogP contribution in [0.25, 0.3) is 0 Å². The van der Waals surface area contributed by atoms with Crippen LogP contribution in [0.2, 0.25) is 0 Å². The first-order chi connectivity index (χ1) is 13.3. The Morgan fingerprint density at radius 3 is 2.39 bits per heavy atom. The van der Waals surface area contributed by atoms with Crippen molar-refractivity contribution in [2.45, 2.75) is 6.18 Å². The summed E-state index contributed by atoms with van der Waals surface area (Å²) in [5.41, 5.74) is 0.602. The Bertz CT molecular complexity index is 818. The van der Waals surface area contributed by atoms with Crippen molar-refractivity contribution in [1.82, 2.24) is 4.90 Å². The number of hydrogen-bond acceptors (Lipinski definition) is 4. The Balaban J connectivity index is 1.65. The van der Waals surface area contributed by atoms with E-state index in [1.54, 1.807) is 12.1 Å². The van der Waals surface area contributed by atoms with Crippen molar-refractivity contribution in [1.29, 1.82) is 0 Å². The van der Waals surface area contributed by atoms with Gasteiger partial charge in [0.25, 0.3) is 5.91 Å². The van der Waals surface area contributed by atoms with Gasteiger partial charge in [0, 0.05) is 26.2 Å². The molecular weight excluding hydrogens is 371 g/mol. The normalized spacial score (nSPS) is 15.4. The number of amides is 1. The summed E-state index contributed by atoms with van der Waals surface area (Å²) in [4.78, 5) is 16.7. The van der Waals surface area contributed by atoms with Gasteiger partial charge in [-0.3, -0.25) is 4.79 Å². The van der Waals surface area contributed by atoms with Crippen LogP contribution in [0.5, 0.6) is 5.75 Å². The molecule has 0 saturated carbocycles. The predicted molar refractivity (Wildman–Crippen MR) is 102 cm³/mol. The number of para-hydroxylation sites is 3. The van der Waals surface area contributed by atoms with Gasteiger partial charge in [-0.2, -0.15) is 13.2 Å². The van der Waals surface area contributed by atoms with Gasteiger partial charge in [-0.05, 0) is 31.3 Å². The van der Waals surface area contributed by atoms with Crippen molar-refractivity contribution in [3.05, 3.63) is 54.1 Å². The lowest BCUT2D eigenvalue weighted by Crippen LogP contribution is -2.44. The molecule has 0 bridgehead atoms. The summed E-state index contributed by atoms with van der Waals surface area (Å²) in [6.45, 7) is 2.99. The van der Waals surface area contributed by atoms with E-state index in [0.29, 0.717) is 5.69 Å². The molecule has 0 atom stereocenters. The van der Waals surface area contributed by atoms with Gasteiger partial charge in [0.2, 0.25) is 0 Å². The quantitative estimate of drug-likeness (QED) is 0.845. The van der Waals surface area contributed by atoms with Gasteiger partial charge in [-0.25, -0.2) is 0 Å². The van der Waals surface area contributed by atoms with Gasteiger partial charge < -0.3 is 19.9 Å². The van der Waals surface area contributed by atoms with Crippen molar-refractivity contribution in [3.63, 3.8) is 0 Å². The number of ether oxygens (including phenoxy) is 1. The third-order valence-electron chi connectivity index (χ3n) is 4.57. The maximum absolute atomic E-state index is 13.0. The maximum atomic E-state index is 13.0. The zero-order chi connectivity index (χ0) is 20.1. The molecule has 0 aliphatic carbocycles. The molecule has 0 spiro atoms. The summed E-state index contributed by atoms with van der Waals surface area (Å²) < 4.78 is 44.2. The van der Waals surface area contributed by atoms with E-state index in [9.17, 15) is 18.0 Å². The minimum Gasteiger partial charge on any atom is -0.483 e. The second kappa shape index (κ2) is 8.52. The molecule has 0 radical (unpaired) electrons. The topological polar surface area (TPSA) is 44.8 Å². The highest BCUT2D eigenvalue weighted by Crippen LogP contribution is 2.36. The molecule has 1 fully saturated rings. The number of anilines is 2. The number of likely N-dealkylation sites (N-methyl/N-ethyl adjacent to an activating group) is 1. The second-order valence-corrected chi connectivity index (χ2v) is 6.64. The first-order valence-corrected chi connectivity index (χ1v) is 8.96. The Morgan fingerprint density at radius 1 is 1.04 bits per heavy atom. The summed E-state index contributed by atoms with van der Waals surface area (Å²) in [6.07, 6.45) is -4.54. The first-order valence-electron chi connectivity index (χ1n) is 8.96. The fourth-order valence-electron chi connectivity index (χ4n) is 3.06. The summed E-state index contributed by atoms with van der Waals surface area (Å²) in [5.74, 6) is -0.879. The van der Waals surface area contributed by atoms with Gasteiger partial charge in [0.05, 0.1) is 16.9 Å². The minimum absolute atomic E-state index is 0.363.